The highest BCUT2D eigenvalue weighted by molar-refractivity contribution is 8.01. The first kappa shape index (κ1) is 92.1. The van der Waals surface area contributed by atoms with E-state index in [1.807, 2.05) is 97.2 Å². The van der Waals surface area contributed by atoms with Gasteiger partial charge in [0, 0.05) is 35.9 Å². The van der Waals surface area contributed by atoms with E-state index >= 15 is 0 Å². The van der Waals surface area contributed by atoms with Crippen molar-refractivity contribution in [1.82, 2.24) is 28.1 Å². The number of thiophene rings is 1. The molecule has 2 unspecified atom stereocenters. The van der Waals surface area contributed by atoms with Gasteiger partial charge in [0.15, 0.2) is 29.5 Å². The Balaban J connectivity index is 0.000000562. The fraction of sp³-hybridized carbons (Fsp3) is 0.662. The highest BCUT2D eigenvalue weighted by Gasteiger charge is 2.39. The molecule has 0 aliphatic heterocycles. The van der Waals surface area contributed by atoms with Crippen LogP contribution in [0.5, 0.6) is 0 Å². The lowest BCUT2D eigenvalue weighted by Gasteiger charge is -2.08. The molecule has 2 atom stereocenters. The van der Waals surface area contributed by atoms with Gasteiger partial charge < -0.3 is 0 Å². The number of thioether (sulfide) groups is 2. The second-order valence-electron chi connectivity index (χ2n) is 23.8. The maximum absolute atomic E-state index is 12.8. The van der Waals surface area contributed by atoms with E-state index in [0.717, 1.165) is 46.9 Å². The summed E-state index contributed by atoms with van der Waals surface area (Å²) in [5.74, 6) is 5.85. The molecule has 7 aromatic rings. The number of rotatable bonds is 21. The number of hydrogen-bond donors (Lipinski definition) is 0. The number of hydrogen-bond acceptors (Lipinski definition) is 23. The number of halogens is 3. The Morgan fingerprint density at radius 3 is 1.28 bits per heavy atom. The van der Waals surface area contributed by atoms with Gasteiger partial charge in [-0.2, -0.15) is 26.3 Å². The Morgan fingerprint density at radius 1 is 0.438 bits per heavy atom. The topological polar surface area (TPSA) is 214 Å². The highest BCUT2D eigenvalue weighted by atomic mass is 32.2. The van der Waals surface area contributed by atoms with Gasteiger partial charge in [0.2, 0.25) is 0 Å². The van der Waals surface area contributed by atoms with Crippen LogP contribution >= 0.6 is 103 Å². The number of aromatic nitrogens is 6. The monoisotopic (exact) mass is 1600 g/mol. The SMILES string of the molecule is CCS(=O)(=O)c1c(C(C)C)sc(C(F)(F)F)c1C.CCS(=O)(=O)c1c(C)nsc1C(C)C.CCS(=O)(=O)c1sc(C)nc1C(C)C.CCS(=O)c1c(C)nsc1C(C)C.CCS(=O)c1sc(C)nc1C(C)C.CCSc1c(C)nsc1C(C)C.CCSc1sc(C)nc1C(C)C. The molecule has 0 fully saturated rings. The van der Waals surface area contributed by atoms with Gasteiger partial charge in [-0.15, -0.1) is 68.9 Å². The molecule has 7 rings (SSSR count). The first-order valence-electron chi connectivity index (χ1n) is 32.0. The zero-order valence-corrected chi connectivity index (χ0v) is 72.7. The predicted molar refractivity (Wildman–Crippen MR) is 414 cm³/mol. The molecule has 31 heteroatoms. The Morgan fingerprint density at radius 2 is 0.844 bits per heavy atom. The van der Waals surface area contributed by atoms with Crippen LogP contribution in [0.15, 0.2) is 32.2 Å². The zero-order valence-electron chi connectivity index (χ0n) is 61.3. The summed E-state index contributed by atoms with van der Waals surface area (Å²) in [7, 11) is -11.5. The minimum absolute atomic E-state index is 0.127. The predicted octanol–water partition coefficient (Wildman–Crippen LogP) is 21.5. The van der Waals surface area contributed by atoms with Crippen molar-refractivity contribution in [2.75, 3.05) is 40.3 Å². The smallest absolute Gasteiger partial charge is 0.254 e. The average Bonchev–Trinajstić information content (AvgIpc) is 1.63. The molecular formula is C65H105F3N6O8S14. The molecule has 0 spiro atoms. The largest absolute Gasteiger partial charge is 0.425 e. The van der Waals surface area contributed by atoms with Crippen molar-refractivity contribution in [2.45, 2.75) is 274 Å². The summed E-state index contributed by atoms with van der Waals surface area (Å²) in [6.07, 6.45) is -4.50. The van der Waals surface area contributed by atoms with Crippen LogP contribution in [0.3, 0.4) is 0 Å². The molecule has 7 heterocycles. The fourth-order valence-electron chi connectivity index (χ4n) is 8.46. The number of aryl methyl sites for hydroxylation is 6. The van der Waals surface area contributed by atoms with Crippen LogP contribution in [0.2, 0.25) is 0 Å². The quantitative estimate of drug-likeness (QED) is 0.0612. The van der Waals surface area contributed by atoms with Crippen LogP contribution in [-0.2, 0) is 57.3 Å². The van der Waals surface area contributed by atoms with Gasteiger partial charge in [0.25, 0.3) is 0 Å². The summed E-state index contributed by atoms with van der Waals surface area (Å²) in [6, 6.07) is 0. The Hall–Kier alpha value is -1.88. The lowest BCUT2D eigenvalue weighted by Crippen LogP contribution is -2.09. The third-order valence-electron chi connectivity index (χ3n) is 13.4. The molecule has 0 saturated carbocycles. The molecule has 0 bridgehead atoms. The lowest BCUT2D eigenvalue weighted by molar-refractivity contribution is -0.134. The third-order valence-corrected chi connectivity index (χ3v) is 33.8. The fourth-order valence-corrected chi connectivity index (χ4v) is 26.5. The van der Waals surface area contributed by atoms with Crippen molar-refractivity contribution >= 4 is 155 Å². The Kier molecular flexibility index (Phi) is 40.3. The summed E-state index contributed by atoms with van der Waals surface area (Å²) in [6.45, 7) is 54.5. The number of sulfone groups is 3. The third kappa shape index (κ3) is 27.1. The molecule has 0 radical (unpaired) electrons. The molecule has 96 heavy (non-hydrogen) atoms. The van der Waals surface area contributed by atoms with Gasteiger partial charge in [-0.05, 0) is 142 Å². The van der Waals surface area contributed by atoms with Crippen molar-refractivity contribution in [3.63, 3.8) is 0 Å². The van der Waals surface area contributed by atoms with Crippen LogP contribution in [0, 0.1) is 48.5 Å². The molecule has 548 valence electrons. The van der Waals surface area contributed by atoms with Crippen LogP contribution in [0.25, 0.3) is 0 Å². The van der Waals surface area contributed by atoms with Crippen LogP contribution in [0.4, 0.5) is 13.2 Å². The van der Waals surface area contributed by atoms with Crippen molar-refractivity contribution < 1.29 is 46.8 Å². The van der Waals surface area contributed by atoms with Crippen LogP contribution in [0.1, 0.15) is 266 Å². The maximum Gasteiger partial charge on any atom is 0.425 e. The van der Waals surface area contributed by atoms with Crippen molar-refractivity contribution in [3.05, 3.63) is 79.1 Å². The molecule has 0 aromatic carbocycles. The molecular weight excluding hydrogens is 1500 g/mol. The standard InChI is InChI=1S/C11H15F3O2S2.2C9H15NO2S2.2C9H15NOS2.2C9H15NS2/c1-5-18(15,16)9-7(4)10(11(12,13)14)17-8(9)6(2)3;1-5-14(11,12)9-8(6(2)3)10-7(4)13-9;1-5-14(11,12)9-7(4)10-13-8(9)6(2)3;1-5-13(11)9-8(6(2)3)10-7(4)12-9;1-5-13(11)9-7(4)10-12-8(9)6(2)3;1-5-11-9-8(6(2)3)10-7(4)12-9;1-5-11-9-7(4)10-12-8(9)6(2)3/h6H,5H2,1-4H3;2*6H,5H2,1-4H3;2*6H,5H2,1-4H3;2*6H,5H2,1-4H3. The van der Waals surface area contributed by atoms with Gasteiger partial charge in [-0.25, -0.2) is 40.2 Å². The lowest BCUT2D eigenvalue weighted by atomic mass is 10.1. The van der Waals surface area contributed by atoms with Crippen LogP contribution in [-0.4, -0.2) is 102 Å². The van der Waals surface area contributed by atoms with Crippen LogP contribution < -0.4 is 0 Å². The minimum atomic E-state index is -4.50. The van der Waals surface area contributed by atoms with E-state index in [1.54, 1.807) is 57.5 Å². The van der Waals surface area contributed by atoms with E-state index in [-0.39, 0.29) is 45.5 Å². The summed E-state index contributed by atoms with van der Waals surface area (Å²) < 4.78 is 148. The summed E-state index contributed by atoms with van der Waals surface area (Å²) in [5.41, 5.74) is 5.63. The number of nitrogens with zero attached hydrogens (tertiary/aromatic N) is 6. The van der Waals surface area contributed by atoms with E-state index in [4.69, 9.17) is 0 Å². The van der Waals surface area contributed by atoms with E-state index in [0.29, 0.717) is 71.9 Å². The van der Waals surface area contributed by atoms with Gasteiger partial charge in [-0.3, -0.25) is 8.42 Å². The number of alkyl halides is 3. The Labute approximate surface area is 616 Å². The van der Waals surface area contributed by atoms with Gasteiger partial charge in [0.1, 0.15) is 18.2 Å². The van der Waals surface area contributed by atoms with E-state index in [1.165, 1.54) is 83.5 Å². The Bertz CT molecular complexity index is 3900. The van der Waals surface area contributed by atoms with Crippen molar-refractivity contribution in [2.24, 2.45) is 0 Å². The second kappa shape index (κ2) is 42.0. The maximum atomic E-state index is 12.8. The normalized spacial score (nSPS) is 12.6. The molecule has 0 saturated heterocycles. The molecule has 0 aliphatic carbocycles. The van der Waals surface area contributed by atoms with E-state index < -0.39 is 62.2 Å². The minimum Gasteiger partial charge on any atom is -0.254 e. The summed E-state index contributed by atoms with van der Waals surface area (Å²) in [5, 5.41) is 3.02. The molecule has 0 aliphatic rings. The first-order chi connectivity index (χ1) is 44.2. The first-order valence-corrected chi connectivity index (χ1v) is 47.1. The number of thiazole rings is 3. The zero-order chi connectivity index (χ0) is 74.5. The molecule has 0 N–H and O–H groups in total. The average molecular weight is 1600 g/mol. The molecule has 14 nitrogen and oxygen atoms in total. The molecule has 7 aromatic heterocycles. The highest BCUT2D eigenvalue weighted by Crippen LogP contribution is 2.45. The van der Waals surface area contributed by atoms with Gasteiger partial charge >= 0.3 is 6.18 Å². The summed E-state index contributed by atoms with van der Waals surface area (Å²) in [4.78, 5) is 18.9. The van der Waals surface area contributed by atoms with Crippen molar-refractivity contribution in [1.29, 1.82) is 0 Å². The van der Waals surface area contributed by atoms with E-state index in [9.17, 15) is 46.8 Å². The van der Waals surface area contributed by atoms with Gasteiger partial charge in [-0.1, -0.05) is 145 Å². The van der Waals surface area contributed by atoms with Gasteiger partial charge in [0.05, 0.1) is 102 Å². The molecule has 0 amide bonds. The second-order valence-corrected chi connectivity index (χ2v) is 44.2. The van der Waals surface area contributed by atoms with E-state index in [2.05, 4.69) is 111 Å². The van der Waals surface area contributed by atoms with Crippen molar-refractivity contribution in [3.8, 4) is 0 Å². The summed E-state index contributed by atoms with van der Waals surface area (Å²) >= 11 is 13.5.